The number of nitrogens with zero attached hydrogens (tertiary/aromatic N) is 2. The van der Waals surface area contributed by atoms with Crippen LogP contribution in [0.4, 0.5) is 0 Å². The summed E-state index contributed by atoms with van der Waals surface area (Å²) in [6.45, 7) is 7.94. The molecule has 0 aliphatic heterocycles. The van der Waals surface area contributed by atoms with Crippen molar-refractivity contribution >= 4 is 29.9 Å². The second kappa shape index (κ2) is 11.0. The maximum absolute atomic E-state index is 5.98. The van der Waals surface area contributed by atoms with Crippen molar-refractivity contribution in [2.24, 2.45) is 16.3 Å². The Bertz CT molecular complexity index is 571. The lowest BCUT2D eigenvalue weighted by atomic mass is 9.93. The number of rotatable bonds is 9. The van der Waals surface area contributed by atoms with Crippen LogP contribution < -0.4 is 15.4 Å². The zero-order valence-electron chi connectivity index (χ0n) is 16.8. The highest BCUT2D eigenvalue weighted by molar-refractivity contribution is 14.0. The molecule has 1 aromatic carbocycles. The van der Waals surface area contributed by atoms with E-state index in [1.165, 1.54) is 18.4 Å². The van der Waals surface area contributed by atoms with Gasteiger partial charge < -0.3 is 20.3 Å². The van der Waals surface area contributed by atoms with Crippen molar-refractivity contribution in [2.75, 3.05) is 40.8 Å². The molecule has 1 fully saturated rings. The smallest absolute Gasteiger partial charge is 0.191 e. The van der Waals surface area contributed by atoms with Gasteiger partial charge in [0.1, 0.15) is 5.75 Å². The van der Waals surface area contributed by atoms with Crippen LogP contribution in [-0.4, -0.2) is 51.7 Å². The molecule has 0 aromatic heterocycles. The van der Waals surface area contributed by atoms with E-state index in [-0.39, 0.29) is 29.4 Å². The molecule has 6 heteroatoms. The highest BCUT2D eigenvalue weighted by Crippen LogP contribution is 2.30. The molecule has 0 atom stereocenters. The second-order valence-corrected chi connectivity index (χ2v) is 8.04. The van der Waals surface area contributed by atoms with E-state index in [1.54, 1.807) is 0 Å². The summed E-state index contributed by atoms with van der Waals surface area (Å²) in [4.78, 5) is 6.55. The Balaban J connectivity index is 0.00000338. The predicted molar refractivity (Wildman–Crippen MR) is 121 cm³/mol. The van der Waals surface area contributed by atoms with E-state index in [0.717, 1.165) is 37.3 Å². The molecule has 5 nitrogen and oxygen atoms in total. The van der Waals surface area contributed by atoms with Crippen molar-refractivity contribution < 1.29 is 4.74 Å². The quantitative estimate of drug-likeness (QED) is 0.328. The molecule has 1 aromatic rings. The molecule has 148 valence electrons. The summed E-state index contributed by atoms with van der Waals surface area (Å²) in [5, 5.41) is 6.84. The van der Waals surface area contributed by atoms with E-state index in [2.05, 4.69) is 66.7 Å². The van der Waals surface area contributed by atoms with Gasteiger partial charge in [-0.25, -0.2) is 0 Å². The van der Waals surface area contributed by atoms with Crippen LogP contribution in [0.1, 0.15) is 32.3 Å². The van der Waals surface area contributed by atoms with Gasteiger partial charge in [-0.15, -0.1) is 24.0 Å². The van der Waals surface area contributed by atoms with Gasteiger partial charge >= 0.3 is 0 Å². The predicted octanol–water partition coefficient (Wildman–Crippen LogP) is 3.35. The van der Waals surface area contributed by atoms with Crippen molar-refractivity contribution in [3.63, 3.8) is 0 Å². The molecule has 0 unspecified atom stereocenters. The SMILES string of the molecule is CN=C(NCc1ccccc1OCC1CC1)NCC(C)(C)CN(C)C.I. The fourth-order valence-electron chi connectivity index (χ4n) is 2.92. The minimum Gasteiger partial charge on any atom is -0.493 e. The number of guanidine groups is 1. The third-order valence-corrected chi connectivity index (χ3v) is 4.29. The van der Waals surface area contributed by atoms with Gasteiger partial charge in [0.2, 0.25) is 0 Å². The Hall–Kier alpha value is -1.02. The summed E-state index contributed by atoms with van der Waals surface area (Å²) >= 11 is 0. The molecule has 1 aliphatic carbocycles. The number of aliphatic imine (C=N–C) groups is 1. The van der Waals surface area contributed by atoms with Crippen molar-refractivity contribution in [2.45, 2.75) is 33.2 Å². The summed E-state index contributed by atoms with van der Waals surface area (Å²) in [7, 11) is 6.02. The van der Waals surface area contributed by atoms with Gasteiger partial charge in [-0.2, -0.15) is 0 Å². The van der Waals surface area contributed by atoms with E-state index >= 15 is 0 Å². The number of halogens is 1. The lowest BCUT2D eigenvalue weighted by Crippen LogP contribution is -2.44. The number of hydrogen-bond acceptors (Lipinski definition) is 3. The van der Waals surface area contributed by atoms with Crippen LogP contribution in [0.3, 0.4) is 0 Å². The third kappa shape index (κ3) is 8.58. The molecule has 0 spiro atoms. The zero-order valence-corrected chi connectivity index (χ0v) is 19.2. The van der Waals surface area contributed by atoms with Gasteiger partial charge in [-0.3, -0.25) is 4.99 Å². The van der Waals surface area contributed by atoms with Gasteiger partial charge in [0.15, 0.2) is 5.96 Å². The average molecular weight is 474 g/mol. The number of nitrogens with one attached hydrogen (secondary N) is 2. The minimum atomic E-state index is 0. The highest BCUT2D eigenvalue weighted by atomic mass is 127. The highest BCUT2D eigenvalue weighted by Gasteiger charge is 2.22. The summed E-state index contributed by atoms with van der Waals surface area (Å²) in [6, 6.07) is 8.24. The lowest BCUT2D eigenvalue weighted by molar-refractivity contribution is 0.241. The third-order valence-electron chi connectivity index (χ3n) is 4.29. The van der Waals surface area contributed by atoms with Crippen molar-refractivity contribution in [3.05, 3.63) is 29.8 Å². The molecule has 1 saturated carbocycles. The summed E-state index contributed by atoms with van der Waals surface area (Å²) in [5.41, 5.74) is 1.34. The van der Waals surface area contributed by atoms with Crippen molar-refractivity contribution in [3.8, 4) is 5.75 Å². The van der Waals surface area contributed by atoms with Crippen LogP contribution in [0.5, 0.6) is 5.75 Å². The Kier molecular flexibility index (Phi) is 9.71. The van der Waals surface area contributed by atoms with Gasteiger partial charge in [0.05, 0.1) is 6.61 Å². The minimum absolute atomic E-state index is 0. The van der Waals surface area contributed by atoms with Crippen LogP contribution in [0.15, 0.2) is 29.3 Å². The van der Waals surface area contributed by atoms with Crippen molar-refractivity contribution in [1.82, 2.24) is 15.5 Å². The number of ether oxygens (including phenoxy) is 1. The number of hydrogen-bond donors (Lipinski definition) is 2. The van der Waals surface area contributed by atoms with Gasteiger partial charge in [0, 0.05) is 32.2 Å². The maximum Gasteiger partial charge on any atom is 0.191 e. The number of benzene rings is 1. The van der Waals surface area contributed by atoms with E-state index in [1.807, 2.05) is 13.1 Å². The lowest BCUT2D eigenvalue weighted by Gasteiger charge is -2.29. The van der Waals surface area contributed by atoms with Crippen LogP contribution in [-0.2, 0) is 6.54 Å². The van der Waals surface area contributed by atoms with E-state index in [9.17, 15) is 0 Å². The van der Waals surface area contributed by atoms with E-state index < -0.39 is 0 Å². The van der Waals surface area contributed by atoms with Gasteiger partial charge in [0.25, 0.3) is 0 Å². The summed E-state index contributed by atoms with van der Waals surface area (Å²) in [5.74, 6) is 2.56. The zero-order chi connectivity index (χ0) is 18.3. The Morgan fingerprint density at radius 3 is 2.54 bits per heavy atom. The molecule has 0 saturated heterocycles. The van der Waals surface area contributed by atoms with E-state index in [0.29, 0.717) is 6.54 Å². The molecule has 0 heterocycles. The summed E-state index contributed by atoms with van der Waals surface area (Å²) in [6.07, 6.45) is 2.61. The molecular formula is C20H35IN4O. The van der Waals surface area contributed by atoms with Crippen LogP contribution in [0.2, 0.25) is 0 Å². The Morgan fingerprint density at radius 2 is 1.92 bits per heavy atom. The fraction of sp³-hybridized carbons (Fsp3) is 0.650. The fourth-order valence-corrected chi connectivity index (χ4v) is 2.92. The normalized spacial score (nSPS) is 14.8. The number of para-hydroxylation sites is 1. The summed E-state index contributed by atoms with van der Waals surface area (Å²) < 4.78 is 5.98. The molecule has 2 N–H and O–H groups in total. The van der Waals surface area contributed by atoms with Crippen LogP contribution in [0, 0.1) is 11.3 Å². The molecule has 2 rings (SSSR count). The van der Waals surface area contributed by atoms with Gasteiger partial charge in [-0.05, 0) is 44.3 Å². The molecule has 1 aliphatic rings. The first-order chi connectivity index (χ1) is 11.9. The molecule has 26 heavy (non-hydrogen) atoms. The molecule has 0 radical (unpaired) electrons. The first-order valence-corrected chi connectivity index (χ1v) is 9.19. The largest absolute Gasteiger partial charge is 0.493 e. The van der Waals surface area contributed by atoms with Crippen LogP contribution >= 0.6 is 24.0 Å². The standard InChI is InChI=1S/C20H34N4O.HI/c1-20(2,15-24(4)5)14-23-19(21-3)22-12-17-8-6-7-9-18(17)25-13-16-10-11-16;/h6-9,16H,10-15H2,1-5H3,(H2,21,22,23);1H. The first-order valence-electron chi connectivity index (χ1n) is 9.19. The Labute approximate surface area is 176 Å². The van der Waals surface area contributed by atoms with Gasteiger partial charge in [-0.1, -0.05) is 32.0 Å². The van der Waals surface area contributed by atoms with Crippen molar-refractivity contribution in [1.29, 1.82) is 0 Å². The average Bonchev–Trinajstić information content (AvgIpc) is 3.37. The molecular weight excluding hydrogens is 439 g/mol. The first kappa shape index (κ1) is 23.0. The molecule has 0 amide bonds. The topological polar surface area (TPSA) is 48.9 Å². The van der Waals surface area contributed by atoms with E-state index in [4.69, 9.17) is 4.74 Å². The second-order valence-electron chi connectivity index (χ2n) is 8.04. The Morgan fingerprint density at radius 1 is 1.23 bits per heavy atom. The maximum atomic E-state index is 5.98. The van der Waals surface area contributed by atoms with Crippen LogP contribution in [0.25, 0.3) is 0 Å². The molecule has 0 bridgehead atoms. The monoisotopic (exact) mass is 474 g/mol.